The third-order valence-corrected chi connectivity index (χ3v) is 5.08. The molecule has 0 radical (unpaired) electrons. The zero-order chi connectivity index (χ0) is 14.8. The van der Waals surface area contributed by atoms with Crippen LogP contribution in [0.15, 0.2) is 29.2 Å². The number of pyridine rings is 1. The minimum Gasteiger partial charge on any atom is -0.354 e. The van der Waals surface area contributed by atoms with Crippen molar-refractivity contribution >= 4 is 28.5 Å². The summed E-state index contributed by atoms with van der Waals surface area (Å²) in [4.78, 5) is 11.1. The molecule has 3 rings (SSSR count). The van der Waals surface area contributed by atoms with Gasteiger partial charge in [-0.05, 0) is 49.6 Å². The first kappa shape index (κ1) is 14.7. The Morgan fingerprint density at radius 3 is 2.57 bits per heavy atom. The Balaban J connectivity index is 1.90. The lowest BCUT2D eigenvalue weighted by Gasteiger charge is -2.35. The minimum atomic E-state index is 1.08. The lowest BCUT2D eigenvalue weighted by molar-refractivity contribution is 0.270. The predicted molar refractivity (Wildman–Crippen MR) is 92.6 cm³/mol. The summed E-state index contributed by atoms with van der Waals surface area (Å²) in [6.45, 7) is 10.0. The zero-order valence-corrected chi connectivity index (χ0v) is 13.9. The normalized spacial score (nSPS) is 16.6. The van der Waals surface area contributed by atoms with Crippen LogP contribution in [0.3, 0.4) is 0 Å². The van der Waals surface area contributed by atoms with Gasteiger partial charge in [0.25, 0.3) is 0 Å². The molecule has 0 saturated carbocycles. The van der Waals surface area contributed by atoms with Crippen LogP contribution >= 0.6 is 11.8 Å². The molecule has 21 heavy (non-hydrogen) atoms. The van der Waals surface area contributed by atoms with Crippen LogP contribution in [0.2, 0.25) is 0 Å². The van der Waals surface area contributed by atoms with E-state index in [2.05, 4.69) is 54.2 Å². The number of aromatic nitrogens is 1. The van der Waals surface area contributed by atoms with E-state index in [4.69, 9.17) is 4.98 Å². The number of rotatable bonds is 3. The molecule has 3 nitrogen and oxygen atoms in total. The molecule has 1 fully saturated rings. The Kier molecular flexibility index (Phi) is 4.36. The highest BCUT2D eigenvalue weighted by molar-refractivity contribution is 7.98. The van der Waals surface area contributed by atoms with E-state index in [-0.39, 0.29) is 0 Å². The van der Waals surface area contributed by atoms with E-state index in [0.29, 0.717) is 0 Å². The molecule has 0 aliphatic carbocycles. The number of likely N-dealkylation sites (N-methyl/N-ethyl adjacent to an activating group) is 1. The Bertz CT molecular complexity index is 633. The summed E-state index contributed by atoms with van der Waals surface area (Å²) < 4.78 is 0. The van der Waals surface area contributed by atoms with Crippen LogP contribution in [0.5, 0.6) is 0 Å². The highest BCUT2D eigenvalue weighted by atomic mass is 32.2. The van der Waals surface area contributed by atoms with Gasteiger partial charge < -0.3 is 9.80 Å². The van der Waals surface area contributed by atoms with Crippen molar-refractivity contribution in [2.75, 3.05) is 43.9 Å². The maximum Gasteiger partial charge on any atom is 0.129 e. The Morgan fingerprint density at radius 2 is 1.90 bits per heavy atom. The summed E-state index contributed by atoms with van der Waals surface area (Å²) in [6.07, 6.45) is 2.12. The number of thioether (sulfide) groups is 1. The first-order chi connectivity index (χ1) is 10.2. The van der Waals surface area contributed by atoms with E-state index in [1.54, 1.807) is 11.8 Å². The molecule has 1 aromatic carbocycles. The summed E-state index contributed by atoms with van der Waals surface area (Å²) in [5.41, 5.74) is 2.43. The summed E-state index contributed by atoms with van der Waals surface area (Å²) in [5.74, 6) is 1.13. The van der Waals surface area contributed by atoms with E-state index in [1.165, 1.54) is 15.8 Å². The molecule has 0 N–H and O–H groups in total. The van der Waals surface area contributed by atoms with Crippen LogP contribution in [0.1, 0.15) is 12.5 Å². The number of benzene rings is 1. The maximum absolute atomic E-state index is 4.88. The van der Waals surface area contributed by atoms with Crippen LogP contribution in [-0.2, 0) is 0 Å². The zero-order valence-electron chi connectivity index (χ0n) is 13.1. The highest BCUT2D eigenvalue weighted by Crippen LogP contribution is 2.27. The number of nitrogens with zero attached hydrogens (tertiary/aromatic N) is 3. The molecule has 1 aliphatic rings. The molecule has 2 heterocycles. The summed E-state index contributed by atoms with van der Waals surface area (Å²) in [6, 6.07) is 8.81. The first-order valence-electron chi connectivity index (χ1n) is 7.64. The van der Waals surface area contributed by atoms with Gasteiger partial charge in [-0.3, -0.25) is 0 Å². The fraction of sp³-hybridized carbons (Fsp3) is 0.471. The molecule has 1 saturated heterocycles. The summed E-state index contributed by atoms with van der Waals surface area (Å²) in [7, 11) is 0. The molecule has 0 bridgehead atoms. The molecular weight excluding hydrogens is 278 g/mol. The third-order valence-electron chi connectivity index (χ3n) is 4.35. The van der Waals surface area contributed by atoms with Gasteiger partial charge in [0.2, 0.25) is 0 Å². The summed E-state index contributed by atoms with van der Waals surface area (Å²) in [5, 5.41) is 1.28. The highest BCUT2D eigenvalue weighted by Gasteiger charge is 2.17. The van der Waals surface area contributed by atoms with Gasteiger partial charge in [-0.1, -0.05) is 6.92 Å². The summed E-state index contributed by atoms with van der Waals surface area (Å²) >= 11 is 1.78. The van der Waals surface area contributed by atoms with Crippen molar-refractivity contribution in [2.24, 2.45) is 0 Å². The van der Waals surface area contributed by atoms with Crippen molar-refractivity contribution in [3.8, 4) is 0 Å². The molecule has 0 unspecified atom stereocenters. The van der Waals surface area contributed by atoms with Gasteiger partial charge >= 0.3 is 0 Å². The molecule has 0 spiro atoms. The number of hydrogen-bond acceptors (Lipinski definition) is 4. The van der Waals surface area contributed by atoms with Crippen LogP contribution in [-0.4, -0.2) is 48.9 Å². The van der Waals surface area contributed by atoms with Gasteiger partial charge in [0, 0.05) is 36.5 Å². The molecule has 1 aliphatic heterocycles. The first-order valence-corrected chi connectivity index (χ1v) is 8.86. The standard InChI is InChI=1S/C17H23N3S/c1-4-19-7-9-20(10-8-19)17-11-13(2)15-12-14(21-3)5-6-16(15)18-17/h5-6,11-12H,4,7-10H2,1-3H3. The molecule has 2 aromatic rings. The number of aryl methyl sites for hydroxylation is 1. The lowest BCUT2D eigenvalue weighted by Crippen LogP contribution is -2.46. The lowest BCUT2D eigenvalue weighted by atomic mass is 10.1. The largest absolute Gasteiger partial charge is 0.354 e. The van der Waals surface area contributed by atoms with Gasteiger partial charge in [-0.2, -0.15) is 0 Å². The van der Waals surface area contributed by atoms with Gasteiger partial charge in [0.15, 0.2) is 0 Å². The van der Waals surface area contributed by atoms with Crippen LogP contribution < -0.4 is 4.90 Å². The van der Waals surface area contributed by atoms with Crippen molar-refractivity contribution in [2.45, 2.75) is 18.7 Å². The average Bonchev–Trinajstić information content (AvgIpc) is 2.54. The molecular formula is C17H23N3S. The van der Waals surface area contributed by atoms with Crippen LogP contribution in [0.4, 0.5) is 5.82 Å². The fourth-order valence-corrected chi connectivity index (χ4v) is 3.38. The second-order valence-corrected chi connectivity index (χ2v) is 6.48. The monoisotopic (exact) mass is 301 g/mol. The van der Waals surface area contributed by atoms with Crippen molar-refractivity contribution in [1.82, 2.24) is 9.88 Å². The Hall–Kier alpha value is -1.26. The number of fused-ring (bicyclic) bond motifs is 1. The SMILES string of the molecule is CCN1CCN(c2cc(C)c3cc(SC)ccc3n2)CC1. The van der Waals surface area contributed by atoms with Gasteiger partial charge in [0.05, 0.1) is 5.52 Å². The van der Waals surface area contributed by atoms with E-state index >= 15 is 0 Å². The molecule has 0 atom stereocenters. The average molecular weight is 301 g/mol. The smallest absolute Gasteiger partial charge is 0.129 e. The van der Waals surface area contributed by atoms with Crippen molar-refractivity contribution < 1.29 is 0 Å². The second kappa shape index (κ2) is 6.24. The molecule has 4 heteroatoms. The Labute approximate surface area is 131 Å². The van der Waals surface area contributed by atoms with Gasteiger partial charge in [-0.25, -0.2) is 4.98 Å². The van der Waals surface area contributed by atoms with Crippen LogP contribution in [0.25, 0.3) is 10.9 Å². The molecule has 0 amide bonds. The molecule has 1 aromatic heterocycles. The third kappa shape index (κ3) is 3.01. The fourth-order valence-electron chi connectivity index (χ4n) is 2.94. The van der Waals surface area contributed by atoms with Crippen molar-refractivity contribution in [1.29, 1.82) is 0 Å². The quantitative estimate of drug-likeness (QED) is 0.809. The molecule has 112 valence electrons. The predicted octanol–water partition coefficient (Wildman–Crippen LogP) is 3.41. The van der Waals surface area contributed by atoms with E-state index in [1.807, 2.05) is 0 Å². The number of piperazine rings is 1. The topological polar surface area (TPSA) is 19.4 Å². The van der Waals surface area contributed by atoms with E-state index in [0.717, 1.165) is 44.1 Å². The maximum atomic E-state index is 4.88. The second-order valence-electron chi connectivity index (χ2n) is 5.60. The number of anilines is 1. The van der Waals surface area contributed by atoms with Gasteiger partial charge in [-0.15, -0.1) is 11.8 Å². The van der Waals surface area contributed by atoms with Gasteiger partial charge in [0.1, 0.15) is 5.82 Å². The van der Waals surface area contributed by atoms with Crippen molar-refractivity contribution in [3.63, 3.8) is 0 Å². The van der Waals surface area contributed by atoms with E-state index in [9.17, 15) is 0 Å². The Morgan fingerprint density at radius 1 is 1.14 bits per heavy atom. The van der Waals surface area contributed by atoms with Crippen LogP contribution in [0, 0.1) is 6.92 Å². The minimum absolute atomic E-state index is 1.08. The van der Waals surface area contributed by atoms with E-state index < -0.39 is 0 Å². The number of hydrogen-bond donors (Lipinski definition) is 0. The van der Waals surface area contributed by atoms with Crippen molar-refractivity contribution in [3.05, 3.63) is 29.8 Å².